The Balaban J connectivity index is 2.44. The number of rotatable bonds is 3. The number of alkyl halides is 3. The highest BCUT2D eigenvalue weighted by Crippen LogP contribution is 2.40. The molecule has 3 N–H and O–H groups in total. The van der Waals surface area contributed by atoms with Crippen LogP contribution in [0.25, 0.3) is 0 Å². The number of aliphatic carboxylic acids is 1. The van der Waals surface area contributed by atoms with Gasteiger partial charge in [0.1, 0.15) is 19.3 Å². The maximum absolute atomic E-state index is 13.0. The van der Waals surface area contributed by atoms with Crippen molar-refractivity contribution < 1.29 is 32.5 Å². The number of hydrogen-bond acceptors (Lipinski definition) is 4. The first kappa shape index (κ1) is 14.4. The predicted octanol–water partition coefficient (Wildman–Crippen LogP) is 1.43. The van der Waals surface area contributed by atoms with Crippen LogP contribution in [0.15, 0.2) is 12.1 Å². The van der Waals surface area contributed by atoms with Gasteiger partial charge in [-0.1, -0.05) is 0 Å². The number of fused-ring (bicyclic) bond motifs is 1. The summed E-state index contributed by atoms with van der Waals surface area (Å²) >= 11 is 0. The molecule has 0 radical (unpaired) electrons. The van der Waals surface area contributed by atoms with Crippen molar-refractivity contribution in [3.05, 3.63) is 23.3 Å². The number of benzene rings is 1. The number of hydrogen-bond donors (Lipinski definition) is 2. The summed E-state index contributed by atoms with van der Waals surface area (Å²) in [6.45, 7) is 0.390. The normalized spacial score (nSPS) is 15.8. The molecule has 0 saturated carbocycles. The molecular weight excluding hydrogens is 279 g/mol. The summed E-state index contributed by atoms with van der Waals surface area (Å²) in [5, 5.41) is 8.71. The lowest BCUT2D eigenvalue weighted by molar-refractivity contribution is -0.141. The second kappa shape index (κ2) is 5.20. The molecule has 1 aliphatic heterocycles. The van der Waals surface area contributed by atoms with Gasteiger partial charge >= 0.3 is 12.1 Å². The minimum Gasteiger partial charge on any atom is -0.486 e. The summed E-state index contributed by atoms with van der Waals surface area (Å²) in [5.74, 6) is -1.21. The summed E-state index contributed by atoms with van der Waals surface area (Å²) in [6, 6.07) is 0.539. The van der Waals surface area contributed by atoms with Gasteiger partial charge in [-0.2, -0.15) is 13.2 Å². The molecule has 0 saturated heterocycles. The quantitative estimate of drug-likeness (QED) is 0.880. The molecule has 0 amide bonds. The molecule has 1 unspecified atom stereocenters. The molecule has 0 aromatic heterocycles. The predicted molar refractivity (Wildman–Crippen MR) is 61.7 cm³/mol. The Labute approximate surface area is 112 Å². The number of halogens is 3. The third-order valence-corrected chi connectivity index (χ3v) is 2.83. The van der Waals surface area contributed by atoms with E-state index in [-0.39, 0.29) is 30.3 Å². The minimum absolute atomic E-state index is 0.00350. The Bertz CT molecular complexity index is 530. The highest BCUT2D eigenvalue weighted by molar-refractivity contribution is 5.73. The minimum atomic E-state index is -4.62. The molecule has 5 nitrogen and oxygen atoms in total. The number of nitrogens with two attached hydrogens (primary N) is 1. The molecule has 0 fully saturated rings. The Kier molecular flexibility index (Phi) is 3.76. The summed E-state index contributed by atoms with van der Waals surface area (Å²) in [5.41, 5.74) is 4.11. The standard InChI is InChI=1S/C12H12F3NO4/c13-12(14,15)7-5-10-9(19-1-2-20-10)4-6(7)3-8(16)11(17)18/h4-5,8H,1-3,16H2,(H,17,18). The van der Waals surface area contributed by atoms with Gasteiger partial charge in [0.05, 0.1) is 5.56 Å². The topological polar surface area (TPSA) is 81.8 Å². The third kappa shape index (κ3) is 2.96. The van der Waals surface area contributed by atoms with Gasteiger partial charge in [-0.3, -0.25) is 4.79 Å². The molecule has 0 bridgehead atoms. The zero-order valence-corrected chi connectivity index (χ0v) is 10.2. The van der Waals surface area contributed by atoms with E-state index in [9.17, 15) is 18.0 Å². The van der Waals surface area contributed by atoms with E-state index >= 15 is 0 Å². The summed E-state index contributed by atoms with van der Waals surface area (Å²) < 4.78 is 49.2. The molecular formula is C12H12F3NO4. The molecule has 0 spiro atoms. The van der Waals surface area contributed by atoms with Gasteiger partial charge in [0.2, 0.25) is 0 Å². The maximum Gasteiger partial charge on any atom is 0.416 e. The van der Waals surface area contributed by atoms with E-state index in [0.29, 0.717) is 0 Å². The van der Waals surface area contributed by atoms with E-state index in [0.717, 1.165) is 12.1 Å². The van der Waals surface area contributed by atoms with Crippen molar-refractivity contribution in [2.45, 2.75) is 18.6 Å². The van der Waals surface area contributed by atoms with Gasteiger partial charge in [0.15, 0.2) is 11.5 Å². The molecule has 2 rings (SSSR count). The lowest BCUT2D eigenvalue weighted by atomic mass is 9.99. The number of carboxylic acid groups (broad SMARTS) is 1. The van der Waals surface area contributed by atoms with E-state index in [1.165, 1.54) is 0 Å². The van der Waals surface area contributed by atoms with Gasteiger partial charge in [-0.25, -0.2) is 0 Å². The van der Waals surface area contributed by atoms with E-state index < -0.39 is 30.2 Å². The van der Waals surface area contributed by atoms with Crippen molar-refractivity contribution in [1.82, 2.24) is 0 Å². The van der Waals surface area contributed by atoms with Crippen molar-refractivity contribution >= 4 is 5.97 Å². The first-order valence-electron chi connectivity index (χ1n) is 5.77. The van der Waals surface area contributed by atoms with Crippen molar-refractivity contribution in [2.24, 2.45) is 5.73 Å². The smallest absolute Gasteiger partial charge is 0.416 e. The lowest BCUT2D eigenvalue weighted by Gasteiger charge is -2.22. The summed E-state index contributed by atoms with van der Waals surface area (Å²) in [6.07, 6.45) is -5.07. The molecule has 1 atom stereocenters. The number of carboxylic acids is 1. The zero-order chi connectivity index (χ0) is 14.9. The van der Waals surface area contributed by atoms with Crippen molar-refractivity contribution in [3.8, 4) is 11.5 Å². The van der Waals surface area contributed by atoms with Gasteiger partial charge in [-0.05, 0) is 24.1 Å². The monoisotopic (exact) mass is 291 g/mol. The van der Waals surface area contributed by atoms with Gasteiger partial charge in [-0.15, -0.1) is 0 Å². The SMILES string of the molecule is NC(Cc1cc2c(cc1C(F)(F)F)OCCO2)C(=O)O. The lowest BCUT2D eigenvalue weighted by Crippen LogP contribution is -2.33. The largest absolute Gasteiger partial charge is 0.486 e. The Morgan fingerprint density at radius 3 is 2.35 bits per heavy atom. The molecule has 20 heavy (non-hydrogen) atoms. The van der Waals surface area contributed by atoms with E-state index in [4.69, 9.17) is 20.3 Å². The fraction of sp³-hybridized carbons (Fsp3) is 0.417. The van der Waals surface area contributed by atoms with Gasteiger partial charge in [0, 0.05) is 0 Å². The average molecular weight is 291 g/mol. The number of carbonyl (C=O) groups is 1. The van der Waals surface area contributed by atoms with Crippen LogP contribution in [-0.4, -0.2) is 30.3 Å². The van der Waals surface area contributed by atoms with Crippen molar-refractivity contribution in [2.75, 3.05) is 13.2 Å². The fourth-order valence-corrected chi connectivity index (χ4v) is 1.89. The van der Waals surface area contributed by atoms with Crippen LogP contribution in [0.4, 0.5) is 13.2 Å². The van der Waals surface area contributed by atoms with E-state index in [2.05, 4.69) is 0 Å². The molecule has 8 heteroatoms. The maximum atomic E-state index is 13.0. The highest BCUT2D eigenvalue weighted by Gasteiger charge is 2.36. The van der Waals surface area contributed by atoms with E-state index in [1.54, 1.807) is 0 Å². The van der Waals surface area contributed by atoms with Crippen LogP contribution in [0.5, 0.6) is 11.5 Å². The van der Waals surface area contributed by atoms with Crippen LogP contribution in [0.1, 0.15) is 11.1 Å². The zero-order valence-electron chi connectivity index (χ0n) is 10.2. The summed E-state index contributed by atoms with van der Waals surface area (Å²) in [4.78, 5) is 10.7. The Morgan fingerprint density at radius 2 is 1.85 bits per heavy atom. The van der Waals surface area contributed by atoms with Crippen LogP contribution in [0.3, 0.4) is 0 Å². The van der Waals surface area contributed by atoms with Gasteiger partial charge in [0.25, 0.3) is 0 Å². The third-order valence-electron chi connectivity index (χ3n) is 2.83. The Hall–Kier alpha value is -1.96. The van der Waals surface area contributed by atoms with E-state index in [1.807, 2.05) is 0 Å². The van der Waals surface area contributed by atoms with Crippen LogP contribution in [0.2, 0.25) is 0 Å². The fourth-order valence-electron chi connectivity index (χ4n) is 1.89. The first-order chi connectivity index (χ1) is 9.29. The molecule has 1 aromatic rings. The van der Waals surface area contributed by atoms with Crippen molar-refractivity contribution in [1.29, 1.82) is 0 Å². The van der Waals surface area contributed by atoms with Crippen LogP contribution < -0.4 is 15.2 Å². The average Bonchev–Trinajstić information content (AvgIpc) is 2.36. The highest BCUT2D eigenvalue weighted by atomic mass is 19.4. The number of ether oxygens (including phenoxy) is 2. The molecule has 110 valence electrons. The van der Waals surface area contributed by atoms with Gasteiger partial charge < -0.3 is 20.3 Å². The second-order valence-electron chi connectivity index (χ2n) is 4.30. The van der Waals surface area contributed by atoms with Crippen LogP contribution in [-0.2, 0) is 17.4 Å². The molecule has 0 aliphatic carbocycles. The summed E-state index contributed by atoms with van der Waals surface area (Å²) in [7, 11) is 0. The van der Waals surface area contributed by atoms with Crippen LogP contribution in [0, 0.1) is 0 Å². The first-order valence-corrected chi connectivity index (χ1v) is 5.77. The Morgan fingerprint density at radius 1 is 1.30 bits per heavy atom. The molecule has 1 aromatic carbocycles. The molecule has 1 heterocycles. The van der Waals surface area contributed by atoms with Crippen LogP contribution >= 0.6 is 0 Å². The van der Waals surface area contributed by atoms with Crippen molar-refractivity contribution in [3.63, 3.8) is 0 Å². The second-order valence-corrected chi connectivity index (χ2v) is 4.30. The molecule has 1 aliphatic rings.